The van der Waals surface area contributed by atoms with E-state index in [9.17, 15) is 8.42 Å². The smallest absolute Gasteiger partial charge is 0.191 e. The number of hydrogen-bond donors (Lipinski definition) is 2. The van der Waals surface area contributed by atoms with Crippen LogP contribution in [0.2, 0.25) is 10.0 Å². The molecule has 1 unspecified atom stereocenters. The van der Waals surface area contributed by atoms with Gasteiger partial charge in [0.2, 0.25) is 0 Å². The van der Waals surface area contributed by atoms with Crippen molar-refractivity contribution >= 4 is 39.0 Å². The number of sulfone groups is 1. The maximum absolute atomic E-state index is 11.5. The molecule has 2 aromatic rings. The standard InChI is InChI=1S/C20H25Cl2N3O2S/c1-4-23-20(25-14(2)16-7-10-18(21)19(22)13-16)24-12-11-15-5-8-17(9-6-15)28(3,26)27/h5-10,13-14H,4,11-12H2,1-3H3,(H2,23,24,25). The van der Waals surface area contributed by atoms with Crippen LogP contribution in [-0.2, 0) is 16.3 Å². The van der Waals surface area contributed by atoms with Crippen molar-refractivity contribution < 1.29 is 8.42 Å². The van der Waals surface area contributed by atoms with Crippen molar-refractivity contribution in [1.82, 2.24) is 10.6 Å². The molecule has 0 amide bonds. The second kappa shape index (κ2) is 10.1. The zero-order chi connectivity index (χ0) is 20.7. The number of aliphatic imine (C=N–C) groups is 1. The molecule has 0 heterocycles. The molecule has 0 saturated heterocycles. The first kappa shape index (κ1) is 22.5. The van der Waals surface area contributed by atoms with E-state index in [1.54, 1.807) is 18.2 Å². The van der Waals surface area contributed by atoms with E-state index in [1.807, 2.05) is 38.1 Å². The number of rotatable bonds is 7. The van der Waals surface area contributed by atoms with E-state index in [4.69, 9.17) is 23.2 Å². The Kier molecular flexibility index (Phi) is 8.16. The fraction of sp³-hybridized carbons (Fsp3) is 0.350. The Morgan fingerprint density at radius 2 is 1.79 bits per heavy atom. The number of hydrogen-bond acceptors (Lipinski definition) is 3. The van der Waals surface area contributed by atoms with Crippen LogP contribution in [-0.4, -0.2) is 33.7 Å². The van der Waals surface area contributed by atoms with E-state index >= 15 is 0 Å². The molecular weight excluding hydrogens is 417 g/mol. The molecule has 0 saturated carbocycles. The van der Waals surface area contributed by atoms with Crippen molar-refractivity contribution in [3.8, 4) is 0 Å². The molecule has 2 rings (SSSR count). The number of guanidine groups is 1. The minimum absolute atomic E-state index is 0.00149. The summed E-state index contributed by atoms with van der Waals surface area (Å²) in [6, 6.07) is 12.5. The molecule has 0 radical (unpaired) electrons. The quantitative estimate of drug-likeness (QED) is 0.497. The summed E-state index contributed by atoms with van der Waals surface area (Å²) in [7, 11) is -3.17. The highest BCUT2D eigenvalue weighted by Crippen LogP contribution is 2.25. The van der Waals surface area contributed by atoms with Crippen molar-refractivity contribution in [2.75, 3.05) is 19.3 Å². The number of benzene rings is 2. The largest absolute Gasteiger partial charge is 0.357 e. The van der Waals surface area contributed by atoms with E-state index in [0.29, 0.717) is 33.9 Å². The van der Waals surface area contributed by atoms with Crippen molar-refractivity contribution in [2.45, 2.75) is 31.2 Å². The number of nitrogens with zero attached hydrogens (tertiary/aromatic N) is 1. The highest BCUT2D eigenvalue weighted by molar-refractivity contribution is 7.90. The van der Waals surface area contributed by atoms with Gasteiger partial charge in [0.1, 0.15) is 0 Å². The van der Waals surface area contributed by atoms with Crippen LogP contribution in [0.1, 0.15) is 31.0 Å². The van der Waals surface area contributed by atoms with Gasteiger partial charge in [0.15, 0.2) is 15.8 Å². The van der Waals surface area contributed by atoms with E-state index in [0.717, 1.165) is 17.7 Å². The lowest BCUT2D eigenvalue weighted by Gasteiger charge is -2.18. The van der Waals surface area contributed by atoms with E-state index in [-0.39, 0.29) is 6.04 Å². The lowest BCUT2D eigenvalue weighted by molar-refractivity contribution is 0.602. The van der Waals surface area contributed by atoms with Gasteiger partial charge in [-0.3, -0.25) is 4.99 Å². The maximum Gasteiger partial charge on any atom is 0.191 e. The Morgan fingerprint density at radius 3 is 2.36 bits per heavy atom. The molecule has 2 N–H and O–H groups in total. The predicted molar refractivity (Wildman–Crippen MR) is 117 cm³/mol. The van der Waals surface area contributed by atoms with Crippen LogP contribution >= 0.6 is 23.2 Å². The third kappa shape index (κ3) is 6.69. The average molecular weight is 442 g/mol. The molecule has 0 aliphatic rings. The SMILES string of the molecule is CCNC(=NCCc1ccc(S(C)(=O)=O)cc1)NC(C)c1ccc(Cl)c(Cl)c1. The van der Waals surface area contributed by atoms with Crippen LogP contribution in [0.15, 0.2) is 52.4 Å². The van der Waals surface area contributed by atoms with Crippen LogP contribution < -0.4 is 10.6 Å². The van der Waals surface area contributed by atoms with Crippen LogP contribution in [0.4, 0.5) is 0 Å². The highest BCUT2D eigenvalue weighted by atomic mass is 35.5. The molecule has 152 valence electrons. The zero-order valence-corrected chi connectivity index (χ0v) is 18.5. The molecule has 8 heteroatoms. The maximum atomic E-state index is 11.5. The Balaban J connectivity index is 2.00. The summed E-state index contributed by atoms with van der Waals surface area (Å²) in [5.41, 5.74) is 2.04. The van der Waals surface area contributed by atoms with Crippen molar-refractivity contribution in [2.24, 2.45) is 4.99 Å². The first-order valence-corrected chi connectivity index (χ1v) is 11.6. The molecule has 0 aliphatic heterocycles. The molecule has 1 atom stereocenters. The van der Waals surface area contributed by atoms with Gasteiger partial charge in [-0.05, 0) is 55.7 Å². The molecule has 0 fully saturated rings. The van der Waals surface area contributed by atoms with Crippen LogP contribution in [0, 0.1) is 0 Å². The van der Waals surface area contributed by atoms with Crippen molar-refractivity contribution in [3.63, 3.8) is 0 Å². The second-order valence-corrected chi connectivity index (χ2v) is 9.30. The first-order valence-electron chi connectivity index (χ1n) is 8.99. The average Bonchev–Trinajstić information content (AvgIpc) is 2.63. The summed E-state index contributed by atoms with van der Waals surface area (Å²) >= 11 is 12.1. The lowest BCUT2D eigenvalue weighted by atomic mass is 10.1. The fourth-order valence-electron chi connectivity index (χ4n) is 2.59. The van der Waals surface area contributed by atoms with Gasteiger partial charge in [-0.25, -0.2) is 8.42 Å². The molecule has 5 nitrogen and oxygen atoms in total. The third-order valence-corrected chi connectivity index (χ3v) is 6.03. The topological polar surface area (TPSA) is 70.6 Å². The Labute approximate surface area is 177 Å². The minimum Gasteiger partial charge on any atom is -0.357 e. The molecule has 0 aliphatic carbocycles. The number of halogens is 2. The van der Waals surface area contributed by atoms with Crippen molar-refractivity contribution in [1.29, 1.82) is 0 Å². The normalized spacial score (nSPS) is 13.2. The fourth-order valence-corrected chi connectivity index (χ4v) is 3.53. The first-order chi connectivity index (χ1) is 13.2. The van der Waals surface area contributed by atoms with Gasteiger partial charge >= 0.3 is 0 Å². The van der Waals surface area contributed by atoms with Gasteiger partial charge in [-0.2, -0.15) is 0 Å². The summed E-state index contributed by atoms with van der Waals surface area (Å²) in [5, 5.41) is 7.63. The van der Waals surface area contributed by atoms with E-state index in [1.165, 1.54) is 6.26 Å². The molecule has 2 aromatic carbocycles. The summed E-state index contributed by atoms with van der Waals surface area (Å²) in [6.07, 6.45) is 1.91. The highest BCUT2D eigenvalue weighted by Gasteiger charge is 2.10. The summed E-state index contributed by atoms with van der Waals surface area (Å²) < 4.78 is 23.0. The molecule has 0 spiro atoms. The van der Waals surface area contributed by atoms with Gasteiger partial charge in [-0.15, -0.1) is 0 Å². The lowest BCUT2D eigenvalue weighted by Crippen LogP contribution is -2.38. The van der Waals surface area contributed by atoms with Crippen molar-refractivity contribution in [3.05, 3.63) is 63.6 Å². The van der Waals surface area contributed by atoms with Gasteiger partial charge < -0.3 is 10.6 Å². The van der Waals surface area contributed by atoms with E-state index in [2.05, 4.69) is 15.6 Å². The van der Waals surface area contributed by atoms with Gasteiger partial charge in [-0.1, -0.05) is 41.4 Å². The summed E-state index contributed by atoms with van der Waals surface area (Å²) in [4.78, 5) is 4.93. The molecule has 0 bridgehead atoms. The van der Waals surface area contributed by atoms with Gasteiger partial charge in [0.05, 0.1) is 21.0 Å². The van der Waals surface area contributed by atoms with Gasteiger partial charge in [0, 0.05) is 19.3 Å². The molecule has 28 heavy (non-hydrogen) atoms. The van der Waals surface area contributed by atoms with E-state index < -0.39 is 9.84 Å². The summed E-state index contributed by atoms with van der Waals surface area (Å²) in [5.74, 6) is 0.703. The monoisotopic (exact) mass is 441 g/mol. The minimum atomic E-state index is -3.17. The Morgan fingerprint density at radius 1 is 1.11 bits per heavy atom. The molecular formula is C20H25Cl2N3O2S. The van der Waals surface area contributed by atoms with Gasteiger partial charge in [0.25, 0.3) is 0 Å². The zero-order valence-electron chi connectivity index (χ0n) is 16.2. The predicted octanol–water partition coefficient (Wildman–Crippen LogP) is 4.26. The third-order valence-electron chi connectivity index (χ3n) is 4.16. The Hall–Kier alpha value is -1.76. The van der Waals surface area contributed by atoms with Crippen LogP contribution in [0.25, 0.3) is 0 Å². The van der Waals surface area contributed by atoms with Crippen LogP contribution in [0.3, 0.4) is 0 Å². The summed E-state index contributed by atoms with van der Waals surface area (Å²) in [6.45, 7) is 5.34. The molecule has 0 aromatic heterocycles. The number of nitrogens with one attached hydrogen (secondary N) is 2. The second-order valence-electron chi connectivity index (χ2n) is 6.47. The van der Waals surface area contributed by atoms with Crippen LogP contribution in [0.5, 0.6) is 0 Å². The Bertz CT molecular complexity index is 929.